The summed E-state index contributed by atoms with van der Waals surface area (Å²) >= 11 is 0. The molecule has 0 bridgehead atoms. The first-order chi connectivity index (χ1) is 10.1. The number of nitrogens with zero attached hydrogens (tertiary/aromatic N) is 4. The standard InChI is InChI=1S/C14H18N4O3/c1-3-4-8-18-12(15-16-17-18)9-21-13-10(2)6-5-7-11(13)14(19)20/h5-7H,3-4,8-9H2,1-2H3,(H,19,20). The Kier molecular flexibility index (Phi) is 4.86. The molecule has 0 atom stereocenters. The number of aryl methyl sites for hydroxylation is 2. The molecule has 112 valence electrons. The topological polar surface area (TPSA) is 90.1 Å². The first kappa shape index (κ1) is 15.0. The number of para-hydroxylation sites is 1. The normalized spacial score (nSPS) is 10.6. The van der Waals surface area contributed by atoms with Crippen LogP contribution in [0.15, 0.2) is 18.2 Å². The van der Waals surface area contributed by atoms with E-state index in [4.69, 9.17) is 4.74 Å². The highest BCUT2D eigenvalue weighted by Crippen LogP contribution is 2.24. The van der Waals surface area contributed by atoms with E-state index in [1.807, 2.05) is 13.0 Å². The van der Waals surface area contributed by atoms with Crippen molar-refractivity contribution in [3.63, 3.8) is 0 Å². The molecule has 1 aromatic heterocycles. The number of aromatic carboxylic acids is 1. The number of hydrogen-bond acceptors (Lipinski definition) is 5. The van der Waals surface area contributed by atoms with Gasteiger partial charge in [-0.05, 0) is 35.4 Å². The summed E-state index contributed by atoms with van der Waals surface area (Å²) in [6.07, 6.45) is 2.02. The fourth-order valence-corrected chi connectivity index (χ4v) is 1.96. The van der Waals surface area contributed by atoms with Gasteiger partial charge in [-0.3, -0.25) is 0 Å². The van der Waals surface area contributed by atoms with Crippen molar-refractivity contribution >= 4 is 5.97 Å². The maximum atomic E-state index is 11.2. The molecule has 1 aromatic carbocycles. The van der Waals surface area contributed by atoms with Gasteiger partial charge in [0, 0.05) is 6.54 Å². The third-order valence-electron chi connectivity index (χ3n) is 3.12. The predicted octanol–water partition coefficient (Wildman–Crippen LogP) is 2.06. The maximum absolute atomic E-state index is 11.2. The van der Waals surface area contributed by atoms with Gasteiger partial charge in [-0.2, -0.15) is 0 Å². The number of unbranched alkanes of at least 4 members (excludes halogenated alkanes) is 1. The molecule has 7 heteroatoms. The quantitative estimate of drug-likeness (QED) is 0.839. The number of carboxylic acid groups (broad SMARTS) is 1. The van der Waals surface area contributed by atoms with Gasteiger partial charge >= 0.3 is 5.97 Å². The summed E-state index contributed by atoms with van der Waals surface area (Å²) in [5.74, 6) is -0.0719. The lowest BCUT2D eigenvalue weighted by molar-refractivity contribution is 0.0691. The van der Waals surface area contributed by atoms with Crippen LogP contribution in [-0.4, -0.2) is 31.3 Å². The summed E-state index contributed by atoms with van der Waals surface area (Å²) in [5.41, 5.74) is 0.907. The van der Waals surface area contributed by atoms with E-state index in [2.05, 4.69) is 22.4 Å². The first-order valence-electron chi connectivity index (χ1n) is 6.84. The van der Waals surface area contributed by atoms with E-state index in [1.165, 1.54) is 6.07 Å². The third kappa shape index (κ3) is 3.56. The molecule has 21 heavy (non-hydrogen) atoms. The maximum Gasteiger partial charge on any atom is 0.339 e. The third-order valence-corrected chi connectivity index (χ3v) is 3.12. The molecule has 2 aromatic rings. The molecule has 1 N–H and O–H groups in total. The number of ether oxygens (including phenoxy) is 1. The lowest BCUT2D eigenvalue weighted by Gasteiger charge is -2.11. The zero-order valence-corrected chi connectivity index (χ0v) is 12.1. The summed E-state index contributed by atoms with van der Waals surface area (Å²) in [5, 5.41) is 20.6. The molecular weight excluding hydrogens is 272 g/mol. The van der Waals surface area contributed by atoms with E-state index in [0.717, 1.165) is 24.9 Å². The van der Waals surface area contributed by atoms with Gasteiger partial charge in [-0.15, -0.1) is 5.10 Å². The summed E-state index contributed by atoms with van der Waals surface area (Å²) in [6, 6.07) is 5.02. The summed E-state index contributed by atoms with van der Waals surface area (Å²) in [6.45, 7) is 4.76. The highest BCUT2D eigenvalue weighted by molar-refractivity contribution is 5.91. The average molecular weight is 290 g/mol. The van der Waals surface area contributed by atoms with Gasteiger partial charge in [-0.25, -0.2) is 9.48 Å². The Morgan fingerprint density at radius 3 is 2.95 bits per heavy atom. The van der Waals surface area contributed by atoms with Crippen LogP contribution in [0.5, 0.6) is 5.75 Å². The molecule has 0 aliphatic carbocycles. The monoisotopic (exact) mass is 290 g/mol. The molecule has 0 unspecified atom stereocenters. The molecule has 0 amide bonds. The van der Waals surface area contributed by atoms with Gasteiger partial charge < -0.3 is 9.84 Å². The second kappa shape index (κ2) is 6.83. The van der Waals surface area contributed by atoms with Crippen molar-refractivity contribution in [3.05, 3.63) is 35.2 Å². The Morgan fingerprint density at radius 2 is 2.24 bits per heavy atom. The lowest BCUT2D eigenvalue weighted by Crippen LogP contribution is -2.11. The number of carboxylic acids is 1. The Hall–Kier alpha value is -2.44. The van der Waals surface area contributed by atoms with Crippen molar-refractivity contribution in [1.29, 1.82) is 0 Å². The zero-order chi connectivity index (χ0) is 15.2. The molecule has 7 nitrogen and oxygen atoms in total. The fourth-order valence-electron chi connectivity index (χ4n) is 1.96. The molecule has 1 heterocycles. The van der Waals surface area contributed by atoms with Crippen molar-refractivity contribution < 1.29 is 14.6 Å². The van der Waals surface area contributed by atoms with E-state index in [1.54, 1.807) is 10.7 Å². The minimum atomic E-state index is -1.01. The van der Waals surface area contributed by atoms with Gasteiger partial charge in [0.15, 0.2) is 5.82 Å². The highest BCUT2D eigenvalue weighted by atomic mass is 16.5. The van der Waals surface area contributed by atoms with Crippen LogP contribution in [0.1, 0.15) is 41.5 Å². The summed E-state index contributed by atoms with van der Waals surface area (Å²) in [7, 11) is 0. The largest absolute Gasteiger partial charge is 0.484 e. The molecule has 0 spiro atoms. The molecule has 0 saturated heterocycles. The number of tetrazole rings is 1. The molecule has 0 radical (unpaired) electrons. The van der Waals surface area contributed by atoms with E-state index in [0.29, 0.717) is 11.6 Å². The minimum absolute atomic E-state index is 0.141. The molecule has 0 aliphatic heterocycles. The number of carbonyl (C=O) groups is 1. The van der Waals surface area contributed by atoms with Crippen molar-refractivity contribution in [2.45, 2.75) is 39.8 Å². The zero-order valence-electron chi connectivity index (χ0n) is 12.1. The molecule has 0 fully saturated rings. The summed E-state index contributed by atoms with van der Waals surface area (Å²) < 4.78 is 7.33. The van der Waals surface area contributed by atoms with E-state index < -0.39 is 5.97 Å². The van der Waals surface area contributed by atoms with Crippen LogP contribution in [0.3, 0.4) is 0 Å². The molecule has 0 saturated carbocycles. The second-order valence-electron chi connectivity index (χ2n) is 4.72. The Balaban J connectivity index is 2.13. The SMILES string of the molecule is CCCCn1nnnc1COc1c(C)cccc1C(=O)O. The van der Waals surface area contributed by atoms with E-state index >= 15 is 0 Å². The van der Waals surface area contributed by atoms with Crippen LogP contribution < -0.4 is 4.74 Å². The van der Waals surface area contributed by atoms with Gasteiger partial charge in [0.25, 0.3) is 0 Å². The molecule has 2 rings (SSSR count). The number of aromatic nitrogens is 4. The van der Waals surface area contributed by atoms with Crippen LogP contribution >= 0.6 is 0 Å². The molecule has 0 aliphatic rings. The van der Waals surface area contributed by atoms with E-state index in [-0.39, 0.29) is 12.2 Å². The number of rotatable bonds is 7. The van der Waals surface area contributed by atoms with Crippen molar-refractivity contribution in [2.75, 3.05) is 0 Å². The number of hydrogen-bond donors (Lipinski definition) is 1. The smallest absolute Gasteiger partial charge is 0.339 e. The lowest BCUT2D eigenvalue weighted by atomic mass is 10.1. The second-order valence-corrected chi connectivity index (χ2v) is 4.72. The van der Waals surface area contributed by atoms with Gasteiger partial charge in [0.05, 0.1) is 0 Å². The van der Waals surface area contributed by atoms with Crippen molar-refractivity contribution in [1.82, 2.24) is 20.2 Å². The van der Waals surface area contributed by atoms with Gasteiger partial charge in [0.1, 0.15) is 17.9 Å². The van der Waals surface area contributed by atoms with Gasteiger partial charge in [0.2, 0.25) is 0 Å². The number of benzene rings is 1. The fraction of sp³-hybridized carbons (Fsp3) is 0.429. The van der Waals surface area contributed by atoms with Crippen LogP contribution in [0.4, 0.5) is 0 Å². The average Bonchev–Trinajstić information content (AvgIpc) is 2.90. The van der Waals surface area contributed by atoms with Crippen LogP contribution in [0.2, 0.25) is 0 Å². The Labute approximate surface area is 122 Å². The first-order valence-corrected chi connectivity index (χ1v) is 6.84. The molecular formula is C14H18N4O3. The van der Waals surface area contributed by atoms with Crippen LogP contribution in [-0.2, 0) is 13.2 Å². The Bertz CT molecular complexity index is 624. The predicted molar refractivity (Wildman–Crippen MR) is 75.2 cm³/mol. The van der Waals surface area contributed by atoms with Crippen LogP contribution in [0, 0.1) is 6.92 Å². The van der Waals surface area contributed by atoms with Crippen molar-refractivity contribution in [3.8, 4) is 5.75 Å². The summed E-state index contributed by atoms with van der Waals surface area (Å²) in [4.78, 5) is 11.2. The minimum Gasteiger partial charge on any atom is -0.484 e. The highest BCUT2D eigenvalue weighted by Gasteiger charge is 2.15. The van der Waals surface area contributed by atoms with Gasteiger partial charge in [-0.1, -0.05) is 25.5 Å². The van der Waals surface area contributed by atoms with Crippen LogP contribution in [0.25, 0.3) is 0 Å². The Morgan fingerprint density at radius 1 is 1.43 bits per heavy atom. The van der Waals surface area contributed by atoms with E-state index in [9.17, 15) is 9.90 Å². The van der Waals surface area contributed by atoms with Crippen molar-refractivity contribution in [2.24, 2.45) is 0 Å².